The fraction of sp³-hybridized carbons (Fsp3) is 0.615. The first-order chi connectivity index (χ1) is 8.33. The lowest BCUT2D eigenvalue weighted by Crippen LogP contribution is -2.23. The van der Waals surface area contributed by atoms with Crippen molar-refractivity contribution in [2.75, 3.05) is 7.11 Å². The van der Waals surface area contributed by atoms with Crippen molar-refractivity contribution in [2.24, 2.45) is 5.41 Å². The number of carbonyl (C=O) groups excluding carboxylic acids is 1. The molecular formula is C13H20N2O3. The third-order valence-corrected chi connectivity index (χ3v) is 2.60. The van der Waals surface area contributed by atoms with Gasteiger partial charge >= 0.3 is 5.97 Å². The summed E-state index contributed by atoms with van der Waals surface area (Å²) >= 11 is 0. The topological polar surface area (TPSA) is 61.2 Å². The van der Waals surface area contributed by atoms with Gasteiger partial charge in [-0.1, -0.05) is 20.8 Å². The first-order valence-corrected chi connectivity index (χ1v) is 5.98. The second-order valence-electron chi connectivity index (χ2n) is 5.46. The maximum atomic E-state index is 11.7. The van der Waals surface area contributed by atoms with Crippen molar-refractivity contribution in [3.8, 4) is 0 Å². The molecule has 1 aromatic rings. The highest BCUT2D eigenvalue weighted by molar-refractivity contribution is 5.86. The third-order valence-electron chi connectivity index (χ3n) is 2.60. The largest absolute Gasteiger partial charge is 0.464 e. The van der Waals surface area contributed by atoms with Crippen LogP contribution in [0.3, 0.4) is 0 Å². The zero-order valence-corrected chi connectivity index (χ0v) is 11.4. The Labute approximate surface area is 107 Å². The predicted molar refractivity (Wildman–Crippen MR) is 68.5 cm³/mol. The molecule has 0 aromatic carbocycles. The minimum Gasteiger partial charge on any atom is -0.464 e. The van der Waals surface area contributed by atoms with E-state index in [0.717, 1.165) is 12.8 Å². The lowest BCUT2D eigenvalue weighted by molar-refractivity contribution is 0.0593. The molecule has 1 rings (SSSR count). The monoisotopic (exact) mass is 252 g/mol. The van der Waals surface area contributed by atoms with E-state index >= 15 is 0 Å². The van der Waals surface area contributed by atoms with Crippen molar-refractivity contribution in [3.63, 3.8) is 0 Å². The average Bonchev–Trinajstić information content (AvgIpc) is 2.28. The number of carbonyl (C=O) groups is 1. The summed E-state index contributed by atoms with van der Waals surface area (Å²) in [6.45, 7) is 7.10. The molecule has 0 radical (unpaired) electrons. The van der Waals surface area contributed by atoms with Gasteiger partial charge in [0.25, 0.3) is 5.56 Å². The fourth-order valence-electron chi connectivity index (χ4n) is 1.59. The molecule has 0 saturated heterocycles. The minimum absolute atomic E-state index is 0.0505. The molecule has 0 aliphatic rings. The quantitative estimate of drug-likeness (QED) is 0.767. The maximum absolute atomic E-state index is 11.7. The van der Waals surface area contributed by atoms with Crippen LogP contribution in [0.4, 0.5) is 0 Å². The summed E-state index contributed by atoms with van der Waals surface area (Å²) < 4.78 is 6.02. The van der Waals surface area contributed by atoms with E-state index in [-0.39, 0.29) is 16.7 Å². The number of ether oxygens (including phenoxy) is 1. The van der Waals surface area contributed by atoms with E-state index < -0.39 is 5.97 Å². The molecule has 0 aliphatic heterocycles. The standard InChI is InChI=1S/C13H20N2O3/c1-13(2,3)6-5-7-15-9-14-10(8-11(15)16)12(17)18-4/h8-9H,5-7H2,1-4H3. The zero-order valence-electron chi connectivity index (χ0n) is 11.4. The van der Waals surface area contributed by atoms with E-state index in [1.807, 2.05) is 0 Å². The minimum atomic E-state index is -0.589. The van der Waals surface area contributed by atoms with Gasteiger partial charge < -0.3 is 4.74 Å². The van der Waals surface area contributed by atoms with Gasteiger partial charge in [0, 0.05) is 12.6 Å². The van der Waals surface area contributed by atoms with Gasteiger partial charge in [-0.15, -0.1) is 0 Å². The van der Waals surface area contributed by atoms with Crippen LogP contribution in [0.25, 0.3) is 0 Å². The van der Waals surface area contributed by atoms with Crippen LogP contribution < -0.4 is 5.56 Å². The third kappa shape index (κ3) is 4.31. The molecule has 0 unspecified atom stereocenters. The predicted octanol–water partition coefficient (Wildman–Crippen LogP) is 1.86. The van der Waals surface area contributed by atoms with Crippen LogP contribution in [-0.2, 0) is 11.3 Å². The Morgan fingerprint density at radius 2 is 2.11 bits per heavy atom. The maximum Gasteiger partial charge on any atom is 0.356 e. The number of hydrogen-bond donors (Lipinski definition) is 0. The Balaban J connectivity index is 2.69. The molecule has 1 heterocycles. The molecule has 0 fully saturated rings. The summed E-state index contributed by atoms with van der Waals surface area (Å²) in [6.07, 6.45) is 3.33. The molecule has 0 saturated carbocycles. The van der Waals surface area contributed by atoms with Gasteiger partial charge in [0.15, 0.2) is 5.69 Å². The van der Waals surface area contributed by atoms with Crippen LogP contribution in [0.1, 0.15) is 44.1 Å². The van der Waals surface area contributed by atoms with Crippen molar-refractivity contribution in [1.82, 2.24) is 9.55 Å². The Bertz CT molecular complexity index is 472. The van der Waals surface area contributed by atoms with Crippen molar-refractivity contribution in [2.45, 2.75) is 40.2 Å². The molecule has 0 aliphatic carbocycles. The van der Waals surface area contributed by atoms with E-state index in [0.29, 0.717) is 6.54 Å². The van der Waals surface area contributed by atoms with E-state index in [2.05, 4.69) is 30.5 Å². The molecule has 5 heteroatoms. The van der Waals surface area contributed by atoms with Crippen molar-refractivity contribution < 1.29 is 9.53 Å². The number of aromatic nitrogens is 2. The second kappa shape index (κ2) is 5.80. The van der Waals surface area contributed by atoms with Crippen LogP contribution in [0.15, 0.2) is 17.2 Å². The lowest BCUT2D eigenvalue weighted by atomic mass is 9.91. The van der Waals surface area contributed by atoms with Crippen molar-refractivity contribution >= 4 is 5.97 Å². The highest BCUT2D eigenvalue weighted by Gasteiger charge is 2.11. The molecule has 100 valence electrons. The Morgan fingerprint density at radius 1 is 1.44 bits per heavy atom. The zero-order chi connectivity index (χ0) is 13.8. The molecule has 0 atom stereocenters. The van der Waals surface area contributed by atoms with Crippen LogP contribution in [0.2, 0.25) is 0 Å². The van der Waals surface area contributed by atoms with Crippen LogP contribution in [0, 0.1) is 5.41 Å². The van der Waals surface area contributed by atoms with E-state index in [9.17, 15) is 9.59 Å². The Hall–Kier alpha value is -1.65. The molecule has 18 heavy (non-hydrogen) atoms. The van der Waals surface area contributed by atoms with Crippen molar-refractivity contribution in [3.05, 3.63) is 28.4 Å². The summed E-state index contributed by atoms with van der Waals surface area (Å²) in [6, 6.07) is 1.21. The first kappa shape index (κ1) is 14.4. The summed E-state index contributed by atoms with van der Waals surface area (Å²) in [5.41, 5.74) is 0.0806. The number of hydrogen-bond acceptors (Lipinski definition) is 4. The van der Waals surface area contributed by atoms with Gasteiger partial charge in [-0.05, 0) is 18.3 Å². The summed E-state index contributed by atoms with van der Waals surface area (Å²) in [7, 11) is 1.26. The van der Waals surface area contributed by atoms with E-state index in [1.165, 1.54) is 24.1 Å². The molecule has 0 amide bonds. The average molecular weight is 252 g/mol. The highest BCUT2D eigenvalue weighted by atomic mass is 16.5. The fourth-order valence-corrected chi connectivity index (χ4v) is 1.59. The number of esters is 1. The SMILES string of the molecule is COC(=O)c1cc(=O)n(CCCC(C)(C)C)cn1. The smallest absolute Gasteiger partial charge is 0.356 e. The van der Waals surface area contributed by atoms with Gasteiger partial charge in [-0.2, -0.15) is 0 Å². The molecule has 0 bridgehead atoms. The number of aryl methyl sites for hydroxylation is 1. The summed E-state index contributed by atoms with van der Waals surface area (Å²) in [5, 5.41) is 0. The van der Waals surface area contributed by atoms with Crippen LogP contribution >= 0.6 is 0 Å². The normalized spacial score (nSPS) is 11.3. The van der Waals surface area contributed by atoms with E-state index in [1.54, 1.807) is 0 Å². The van der Waals surface area contributed by atoms with Gasteiger partial charge in [-0.3, -0.25) is 9.36 Å². The summed E-state index contributed by atoms with van der Waals surface area (Å²) in [5.74, 6) is -0.589. The van der Waals surface area contributed by atoms with Gasteiger partial charge in [-0.25, -0.2) is 9.78 Å². The number of methoxy groups -OCH3 is 1. The first-order valence-electron chi connectivity index (χ1n) is 5.98. The number of nitrogens with zero attached hydrogens (tertiary/aromatic N) is 2. The number of rotatable bonds is 4. The lowest BCUT2D eigenvalue weighted by Gasteiger charge is -2.17. The van der Waals surface area contributed by atoms with Gasteiger partial charge in [0.2, 0.25) is 0 Å². The van der Waals surface area contributed by atoms with Gasteiger partial charge in [0.1, 0.15) is 0 Å². The Morgan fingerprint density at radius 3 is 2.61 bits per heavy atom. The van der Waals surface area contributed by atoms with Gasteiger partial charge in [0.05, 0.1) is 13.4 Å². The Kier molecular flexibility index (Phi) is 4.64. The molecule has 1 aromatic heterocycles. The van der Waals surface area contributed by atoms with Crippen LogP contribution in [0.5, 0.6) is 0 Å². The van der Waals surface area contributed by atoms with Crippen LogP contribution in [-0.4, -0.2) is 22.6 Å². The van der Waals surface area contributed by atoms with E-state index in [4.69, 9.17) is 0 Å². The molecule has 5 nitrogen and oxygen atoms in total. The molecule has 0 N–H and O–H groups in total. The molecule has 0 spiro atoms. The highest BCUT2D eigenvalue weighted by Crippen LogP contribution is 2.20. The second-order valence-corrected chi connectivity index (χ2v) is 5.46. The van der Waals surface area contributed by atoms with Crippen molar-refractivity contribution in [1.29, 1.82) is 0 Å². The molecular weight excluding hydrogens is 232 g/mol. The summed E-state index contributed by atoms with van der Waals surface area (Å²) in [4.78, 5) is 26.8.